The molecule has 27 heavy (non-hydrogen) atoms. The average Bonchev–Trinajstić information content (AvgIpc) is 3.27. The second-order valence-electron chi connectivity index (χ2n) is 7.38. The van der Waals surface area contributed by atoms with Gasteiger partial charge in [0, 0.05) is 0 Å². The van der Waals surface area contributed by atoms with Gasteiger partial charge in [-0.05, 0) is 0 Å². The van der Waals surface area contributed by atoms with E-state index >= 15 is 0 Å². The maximum atomic E-state index is 6.75. The normalized spacial score (nSPS) is 17.3. The van der Waals surface area contributed by atoms with Gasteiger partial charge >= 0.3 is 176 Å². The van der Waals surface area contributed by atoms with Gasteiger partial charge in [0.25, 0.3) is 0 Å². The Balaban J connectivity index is 1.52. The van der Waals surface area contributed by atoms with Gasteiger partial charge in [-0.25, -0.2) is 0 Å². The molecule has 3 aromatic rings. The zero-order valence-electron chi connectivity index (χ0n) is 14.8. The molecule has 3 aromatic carbocycles. The van der Waals surface area contributed by atoms with E-state index in [1.54, 1.807) is 0 Å². The van der Waals surface area contributed by atoms with E-state index in [1.165, 1.54) is 38.9 Å². The molecule has 0 bridgehead atoms. The van der Waals surface area contributed by atoms with E-state index < -0.39 is 19.1 Å². The van der Waals surface area contributed by atoms with Crippen LogP contribution in [0.1, 0.15) is 43.8 Å². The van der Waals surface area contributed by atoms with Crippen LogP contribution in [0.5, 0.6) is 0 Å². The third-order valence-electron chi connectivity index (χ3n) is 5.92. The summed E-state index contributed by atoms with van der Waals surface area (Å²) in [6.07, 6.45) is 6.60. The first-order chi connectivity index (χ1) is 13.2. The molecule has 2 aliphatic rings. The van der Waals surface area contributed by atoms with Crippen LogP contribution < -0.4 is 0 Å². The Morgan fingerprint density at radius 3 is 2.56 bits per heavy atom. The van der Waals surface area contributed by atoms with Crippen molar-refractivity contribution < 1.29 is 19.1 Å². The van der Waals surface area contributed by atoms with Gasteiger partial charge in [0.1, 0.15) is 0 Å². The predicted octanol–water partition coefficient (Wildman–Crippen LogP) is 7.43. The Kier molecular flexibility index (Phi) is 4.88. The number of allylic oxidation sites excluding steroid dienone is 1. The van der Waals surface area contributed by atoms with Gasteiger partial charge in [-0.15, -0.1) is 0 Å². The first-order valence-electron chi connectivity index (χ1n) is 9.37. The summed E-state index contributed by atoms with van der Waals surface area (Å²) < 4.78 is 0.323. The van der Waals surface area contributed by atoms with Crippen LogP contribution in [0.2, 0.25) is 0 Å². The molecule has 0 saturated carbocycles. The molecule has 0 amide bonds. The Morgan fingerprint density at radius 1 is 0.889 bits per heavy atom. The van der Waals surface area contributed by atoms with E-state index in [-0.39, 0.29) is 0 Å². The van der Waals surface area contributed by atoms with Crippen molar-refractivity contribution in [3.63, 3.8) is 0 Å². The Bertz CT molecular complexity index is 1040. The van der Waals surface area contributed by atoms with Gasteiger partial charge in [0.2, 0.25) is 0 Å². The van der Waals surface area contributed by atoms with Crippen molar-refractivity contribution in [3.05, 3.63) is 101 Å². The molecule has 133 valence electrons. The molecule has 0 heterocycles. The predicted molar refractivity (Wildman–Crippen MR) is 112 cm³/mol. The quantitative estimate of drug-likeness (QED) is 0.229. The zero-order chi connectivity index (χ0) is 18.4. The zero-order valence-corrected chi connectivity index (χ0v) is 19.9. The standard InChI is InChI=1S/C24H19.2ClH.Hf/c1-3-9-21-17(6-1)12-14-19(21)15-13-18-8-5-11-23-22-10-4-2-7-20(22)16-24(18)23;;;/h1-14,19H,15-16H2;2*1H;/q;;;+2/p-2. The molecule has 2 aliphatic carbocycles. The Morgan fingerprint density at radius 2 is 1.67 bits per heavy atom. The topological polar surface area (TPSA) is 0 Å². The van der Waals surface area contributed by atoms with Crippen molar-refractivity contribution >= 4 is 23.2 Å². The minimum absolute atomic E-state index is 0.323. The van der Waals surface area contributed by atoms with Crippen molar-refractivity contribution in [3.8, 4) is 11.1 Å². The number of halogens is 2. The van der Waals surface area contributed by atoms with Crippen LogP contribution in [0.25, 0.3) is 17.2 Å². The summed E-state index contributed by atoms with van der Waals surface area (Å²) in [5, 5.41) is 0. The Labute approximate surface area is 175 Å². The summed E-state index contributed by atoms with van der Waals surface area (Å²) in [5.74, 6) is 0.420. The number of benzene rings is 3. The molecule has 0 radical (unpaired) electrons. The van der Waals surface area contributed by atoms with Crippen molar-refractivity contribution in [2.45, 2.75) is 22.4 Å². The fourth-order valence-electron chi connectivity index (χ4n) is 4.63. The van der Waals surface area contributed by atoms with Crippen LogP contribution in [0, 0.1) is 0 Å². The number of rotatable bonds is 4. The van der Waals surface area contributed by atoms with Gasteiger partial charge in [0.15, 0.2) is 0 Å². The fourth-order valence-corrected chi connectivity index (χ4v) is 11.4. The van der Waals surface area contributed by atoms with E-state index in [9.17, 15) is 0 Å². The molecule has 2 unspecified atom stereocenters. The molecule has 0 N–H and O–H groups in total. The molecule has 0 aliphatic heterocycles. The van der Waals surface area contributed by atoms with E-state index in [2.05, 4.69) is 78.9 Å². The van der Waals surface area contributed by atoms with Crippen LogP contribution in [-0.2, 0) is 25.5 Å². The molecular weight excluding hydrogens is 538 g/mol. The third-order valence-corrected chi connectivity index (χ3v) is 14.1. The monoisotopic (exact) mass is 557 g/mol. The van der Waals surface area contributed by atoms with Gasteiger partial charge in [0.05, 0.1) is 0 Å². The van der Waals surface area contributed by atoms with E-state index in [4.69, 9.17) is 17.2 Å². The molecule has 0 aromatic heterocycles. The summed E-state index contributed by atoms with van der Waals surface area (Å²) in [4.78, 5) is 0. The van der Waals surface area contributed by atoms with Gasteiger partial charge in [-0.1, -0.05) is 0 Å². The summed E-state index contributed by atoms with van der Waals surface area (Å²) in [7, 11) is 13.5. The van der Waals surface area contributed by atoms with E-state index in [1.807, 2.05) is 0 Å². The van der Waals surface area contributed by atoms with E-state index in [0.29, 0.717) is 9.59 Å². The fraction of sp³-hybridized carbons (Fsp3) is 0.167. The van der Waals surface area contributed by atoms with Crippen LogP contribution in [-0.4, -0.2) is 0 Å². The number of hydrogen-bond acceptors (Lipinski definition) is 0. The number of fused-ring (bicyclic) bond motifs is 4. The SMILES string of the molecule is [Cl][Hf]([Cl])[CH](CC1C=Cc2ccccc21)c1cccc2c1Cc1ccccc1-2. The summed E-state index contributed by atoms with van der Waals surface area (Å²) in [6, 6.07) is 24.1. The summed E-state index contributed by atoms with van der Waals surface area (Å²) in [6.45, 7) is 0. The van der Waals surface area contributed by atoms with E-state index in [0.717, 1.165) is 12.8 Å². The van der Waals surface area contributed by atoms with Gasteiger partial charge < -0.3 is 0 Å². The molecule has 0 spiro atoms. The van der Waals surface area contributed by atoms with Crippen LogP contribution >= 0.6 is 17.2 Å². The van der Waals surface area contributed by atoms with Crippen LogP contribution in [0.15, 0.2) is 72.8 Å². The second kappa shape index (κ2) is 7.35. The third kappa shape index (κ3) is 3.18. The molecule has 0 saturated heterocycles. The summed E-state index contributed by atoms with van der Waals surface area (Å²) in [5.41, 5.74) is 9.76. The molecule has 0 fully saturated rings. The molecule has 3 heteroatoms. The molecule has 2 atom stereocenters. The molecule has 5 rings (SSSR count). The average molecular weight is 557 g/mol. The molecular formula is C24H19Cl2Hf. The van der Waals surface area contributed by atoms with Crippen LogP contribution in [0.4, 0.5) is 0 Å². The minimum atomic E-state index is -2.69. The first kappa shape index (κ1) is 17.9. The van der Waals surface area contributed by atoms with Crippen molar-refractivity contribution in [2.24, 2.45) is 0 Å². The number of hydrogen-bond donors (Lipinski definition) is 0. The Hall–Kier alpha value is -1.15. The van der Waals surface area contributed by atoms with Crippen molar-refractivity contribution in [1.82, 2.24) is 0 Å². The first-order valence-corrected chi connectivity index (χ1v) is 20.3. The molecule has 0 nitrogen and oxygen atoms in total. The van der Waals surface area contributed by atoms with Crippen molar-refractivity contribution in [2.75, 3.05) is 0 Å². The van der Waals surface area contributed by atoms with Crippen LogP contribution in [0.3, 0.4) is 0 Å². The second-order valence-corrected chi connectivity index (χ2v) is 20.2. The van der Waals surface area contributed by atoms with Gasteiger partial charge in [-0.2, -0.15) is 0 Å². The summed E-state index contributed by atoms with van der Waals surface area (Å²) >= 11 is -2.69. The van der Waals surface area contributed by atoms with Crippen molar-refractivity contribution in [1.29, 1.82) is 0 Å². The van der Waals surface area contributed by atoms with Gasteiger partial charge in [-0.3, -0.25) is 0 Å². The maximum absolute atomic E-state index is 6.75.